The van der Waals surface area contributed by atoms with Gasteiger partial charge in [0.15, 0.2) is 6.23 Å². The van der Waals surface area contributed by atoms with Crippen molar-refractivity contribution in [3.05, 3.63) is 43.3 Å². The van der Waals surface area contributed by atoms with E-state index in [0.29, 0.717) is 10.8 Å². The molecule has 0 spiro atoms. The van der Waals surface area contributed by atoms with Gasteiger partial charge in [0.1, 0.15) is 31.0 Å². The zero-order valence-electron chi connectivity index (χ0n) is 13.5. The minimum absolute atomic E-state index is 0.189. The number of hydrogen-bond donors (Lipinski definition) is 3. The predicted octanol–water partition coefficient (Wildman–Crippen LogP) is -1.07. The van der Waals surface area contributed by atoms with Gasteiger partial charge in [-0.2, -0.15) is 4.39 Å². The normalized spacial score (nSPS) is 26.2. The van der Waals surface area contributed by atoms with Gasteiger partial charge in [-0.25, -0.2) is 4.79 Å². The van der Waals surface area contributed by atoms with Gasteiger partial charge >= 0.3 is 11.7 Å². The number of carbonyl (C=O) groups excluding carboxylic acids is 1. The molecule has 1 aliphatic rings. The quantitative estimate of drug-likeness (QED) is 0.245. The Balaban J connectivity index is 2.11. The number of ether oxygens (including phenoxy) is 2. The first kappa shape index (κ1) is 19.6. The minimum atomic E-state index is -1.65. The first-order chi connectivity index (χ1) is 12.3. The number of nitrogens with one attached hydrogen (secondary N) is 1. The molecule has 1 aromatic heterocycles. The van der Waals surface area contributed by atoms with Crippen LogP contribution in [0.5, 0.6) is 0 Å². The molecule has 0 saturated carbocycles. The molecule has 3 N–H and O–H groups in total. The van der Waals surface area contributed by atoms with Crippen molar-refractivity contribution in [2.24, 2.45) is 5.11 Å². The Hall–Kier alpha value is -2.73. The smallest absolute Gasteiger partial charge is 0.330 e. The van der Waals surface area contributed by atoms with E-state index < -0.39 is 60.2 Å². The fraction of sp³-hybridized carbons (Fsp3) is 0.615. The summed E-state index contributed by atoms with van der Waals surface area (Å²) < 4.78 is 24.1. The maximum Gasteiger partial charge on any atom is 0.330 e. The summed E-state index contributed by atoms with van der Waals surface area (Å²) in [7, 11) is 0. The molecular weight excluding hydrogens is 357 g/mol. The number of halogens is 1. The van der Waals surface area contributed by atoms with Crippen LogP contribution >= 0.6 is 0 Å². The Morgan fingerprint density at radius 2 is 2.23 bits per heavy atom. The molecule has 1 saturated heterocycles. The number of aromatic amines is 1. The fourth-order valence-corrected chi connectivity index (χ4v) is 2.36. The number of H-pyrrole nitrogens is 1. The monoisotopic (exact) mass is 373 g/mol. The first-order valence-corrected chi connectivity index (χ1v) is 7.53. The van der Waals surface area contributed by atoms with Crippen molar-refractivity contribution in [3.8, 4) is 0 Å². The van der Waals surface area contributed by atoms with E-state index in [2.05, 4.69) is 10.0 Å². The Bertz CT molecular complexity index is 833. The van der Waals surface area contributed by atoms with Crippen LogP contribution in [0.4, 0.5) is 4.39 Å². The van der Waals surface area contributed by atoms with Crippen molar-refractivity contribution in [1.82, 2.24) is 9.55 Å². The van der Waals surface area contributed by atoms with Crippen LogP contribution in [-0.2, 0) is 14.3 Å². The Morgan fingerprint density at radius 3 is 2.85 bits per heavy atom. The van der Waals surface area contributed by atoms with Crippen LogP contribution in [0.2, 0.25) is 0 Å². The Morgan fingerprint density at radius 1 is 1.54 bits per heavy atom. The molecule has 0 bridgehead atoms. The lowest BCUT2D eigenvalue weighted by Crippen LogP contribution is -2.39. The van der Waals surface area contributed by atoms with Crippen molar-refractivity contribution in [3.63, 3.8) is 0 Å². The first-order valence-electron chi connectivity index (χ1n) is 7.53. The lowest BCUT2D eigenvalue weighted by atomic mass is 10.1. The highest BCUT2D eigenvalue weighted by Crippen LogP contribution is 2.28. The van der Waals surface area contributed by atoms with E-state index in [1.165, 1.54) is 0 Å². The zero-order chi connectivity index (χ0) is 19.4. The van der Waals surface area contributed by atoms with Crippen molar-refractivity contribution in [2.75, 3.05) is 6.61 Å². The van der Waals surface area contributed by atoms with Crippen LogP contribution in [0.3, 0.4) is 0 Å². The highest BCUT2D eigenvalue weighted by molar-refractivity contribution is 5.75. The number of esters is 1. The minimum Gasteiger partial charge on any atom is -0.462 e. The summed E-state index contributed by atoms with van der Waals surface area (Å²) in [4.78, 5) is 38.8. The van der Waals surface area contributed by atoms with Gasteiger partial charge in [-0.1, -0.05) is 12.0 Å². The highest BCUT2D eigenvalue weighted by Gasteiger charge is 2.45. The second-order valence-corrected chi connectivity index (χ2v) is 5.45. The molecule has 13 heteroatoms. The number of aromatic nitrogens is 2. The maximum atomic E-state index is 13.4. The number of aliphatic hydroxyl groups is 2. The molecule has 12 nitrogen and oxygen atoms in total. The molecule has 5 atom stereocenters. The summed E-state index contributed by atoms with van der Waals surface area (Å²) in [6.07, 6.45) is -5.23. The Kier molecular flexibility index (Phi) is 6.10. The number of hydrogen-bond acceptors (Lipinski definition) is 8. The molecular formula is C13H16FN5O7. The second kappa shape index (κ2) is 8.10. The van der Waals surface area contributed by atoms with E-state index in [1.54, 1.807) is 11.9 Å². The number of rotatable bonds is 6. The van der Waals surface area contributed by atoms with Crippen molar-refractivity contribution in [1.29, 1.82) is 0 Å². The van der Waals surface area contributed by atoms with Crippen LogP contribution in [0, 0.1) is 5.82 Å². The summed E-state index contributed by atoms with van der Waals surface area (Å²) >= 11 is 0. The molecule has 0 aromatic carbocycles. The van der Waals surface area contributed by atoms with Gasteiger partial charge in [-0.3, -0.25) is 19.1 Å². The summed E-state index contributed by atoms with van der Waals surface area (Å²) in [5, 5.41) is 23.2. The lowest BCUT2D eigenvalue weighted by Gasteiger charge is -2.17. The molecule has 0 radical (unpaired) electrons. The molecule has 1 aliphatic heterocycles. The van der Waals surface area contributed by atoms with E-state index in [-0.39, 0.29) is 6.42 Å². The summed E-state index contributed by atoms with van der Waals surface area (Å²) in [6.45, 7) is 1.09. The van der Waals surface area contributed by atoms with Gasteiger partial charge in [-0.05, 0) is 12.0 Å². The molecule has 0 aliphatic carbocycles. The molecule has 1 aromatic rings. The SMILES string of the molecule is CCC(N=[N+]=[N-])C(=O)OC[C@H]1O[C@@H](n2cc(F)c(=O)[nH]c2=O)[C@H](O)[C@@H]1O. The van der Waals surface area contributed by atoms with Crippen LogP contribution < -0.4 is 11.2 Å². The van der Waals surface area contributed by atoms with Crippen LogP contribution in [0.1, 0.15) is 19.6 Å². The maximum absolute atomic E-state index is 13.4. The number of nitrogens with zero attached hydrogens (tertiary/aromatic N) is 4. The average Bonchev–Trinajstić information content (AvgIpc) is 2.89. The standard InChI is InChI=1S/C13H16FN5O7/c1-2-6(17-18-15)12(23)25-4-7-8(20)9(21)11(26-7)19-3-5(14)10(22)16-13(19)24/h3,6-9,11,20-21H,2,4H2,1H3,(H,16,22,24)/t6?,7-,8-,9-,11-/m1/s1. The van der Waals surface area contributed by atoms with Gasteiger partial charge in [0.05, 0.1) is 6.20 Å². The highest BCUT2D eigenvalue weighted by atomic mass is 19.1. The number of azide groups is 1. The lowest BCUT2D eigenvalue weighted by molar-refractivity contribution is -0.151. The van der Waals surface area contributed by atoms with Crippen molar-refractivity contribution in [2.45, 2.75) is 43.9 Å². The number of carbonyl (C=O) groups is 1. The van der Waals surface area contributed by atoms with Gasteiger partial charge in [0, 0.05) is 4.91 Å². The second-order valence-electron chi connectivity index (χ2n) is 5.45. The van der Waals surface area contributed by atoms with Gasteiger partial charge in [0.2, 0.25) is 5.82 Å². The van der Waals surface area contributed by atoms with E-state index in [4.69, 9.17) is 15.0 Å². The number of aliphatic hydroxyl groups excluding tert-OH is 2. The fourth-order valence-electron chi connectivity index (χ4n) is 2.36. The largest absolute Gasteiger partial charge is 0.462 e. The molecule has 0 amide bonds. The predicted molar refractivity (Wildman–Crippen MR) is 81.4 cm³/mol. The van der Waals surface area contributed by atoms with E-state index in [1.807, 2.05) is 0 Å². The summed E-state index contributed by atoms with van der Waals surface area (Å²) in [6, 6.07) is -1.06. The molecule has 2 rings (SSSR count). The molecule has 1 fully saturated rings. The zero-order valence-corrected chi connectivity index (χ0v) is 13.5. The van der Waals surface area contributed by atoms with E-state index in [9.17, 15) is 29.0 Å². The van der Waals surface area contributed by atoms with Crippen molar-refractivity contribution >= 4 is 5.97 Å². The molecule has 142 valence electrons. The summed E-state index contributed by atoms with van der Waals surface area (Å²) in [5.74, 6) is -2.14. The third kappa shape index (κ3) is 3.91. The van der Waals surface area contributed by atoms with Crippen LogP contribution in [0.15, 0.2) is 20.9 Å². The molecule has 1 unspecified atom stereocenters. The van der Waals surface area contributed by atoms with Crippen LogP contribution in [0.25, 0.3) is 10.4 Å². The topological polar surface area (TPSA) is 180 Å². The van der Waals surface area contributed by atoms with Gasteiger partial charge in [0.25, 0.3) is 5.56 Å². The van der Waals surface area contributed by atoms with E-state index >= 15 is 0 Å². The average molecular weight is 373 g/mol. The van der Waals surface area contributed by atoms with Gasteiger partial charge in [-0.15, -0.1) is 0 Å². The third-order valence-electron chi connectivity index (χ3n) is 3.78. The molecule has 2 heterocycles. The van der Waals surface area contributed by atoms with Gasteiger partial charge < -0.3 is 19.7 Å². The Labute approximate surface area is 144 Å². The van der Waals surface area contributed by atoms with E-state index in [0.717, 1.165) is 0 Å². The molecule has 26 heavy (non-hydrogen) atoms. The van der Waals surface area contributed by atoms with Crippen LogP contribution in [-0.4, -0.2) is 56.7 Å². The third-order valence-corrected chi connectivity index (χ3v) is 3.78. The summed E-state index contributed by atoms with van der Waals surface area (Å²) in [5.41, 5.74) is 6.07. The van der Waals surface area contributed by atoms with Crippen molar-refractivity contribution < 1.29 is 28.9 Å².